The van der Waals surface area contributed by atoms with Crippen LogP contribution in [0, 0.1) is 20.8 Å². The first-order valence-corrected chi connectivity index (χ1v) is 10.1. The molecular formula is C25H22F3N3O. The molecule has 4 aromatic rings. The number of nitrogens with zero attached hydrogens (tertiary/aromatic N) is 2. The van der Waals surface area contributed by atoms with E-state index in [4.69, 9.17) is 4.98 Å². The maximum Gasteiger partial charge on any atom is 0.416 e. The van der Waals surface area contributed by atoms with E-state index in [0.29, 0.717) is 17.0 Å². The van der Waals surface area contributed by atoms with Crippen LogP contribution in [0.5, 0.6) is 0 Å². The normalized spacial score (nSPS) is 11.7. The Bertz CT molecular complexity index is 1320. The van der Waals surface area contributed by atoms with Gasteiger partial charge in [0.15, 0.2) is 0 Å². The lowest BCUT2D eigenvalue weighted by Gasteiger charge is -2.11. The van der Waals surface area contributed by atoms with E-state index in [2.05, 4.69) is 5.32 Å². The van der Waals surface area contributed by atoms with Crippen LogP contribution < -0.4 is 5.32 Å². The molecule has 2 heterocycles. The summed E-state index contributed by atoms with van der Waals surface area (Å²) in [5.41, 5.74) is 5.53. The third-order valence-electron chi connectivity index (χ3n) is 5.46. The molecule has 0 radical (unpaired) electrons. The Labute approximate surface area is 183 Å². The minimum Gasteiger partial charge on any atom is -0.326 e. The SMILES string of the molecule is Cc1ccn2c(CC(=O)Nc3cccc(C(F)(F)F)c3)c(-c3ccc(C)c(C)c3)nc2c1. The van der Waals surface area contributed by atoms with Crippen molar-refractivity contribution in [3.05, 3.63) is 88.7 Å². The van der Waals surface area contributed by atoms with Crippen molar-refractivity contribution in [2.24, 2.45) is 0 Å². The summed E-state index contributed by atoms with van der Waals surface area (Å²) in [5.74, 6) is -0.420. The Kier molecular flexibility index (Phi) is 5.50. The Morgan fingerprint density at radius 2 is 1.78 bits per heavy atom. The predicted octanol–water partition coefficient (Wildman–Crippen LogP) is 6.13. The molecule has 0 aliphatic carbocycles. The number of aryl methyl sites for hydroxylation is 3. The standard InChI is InChI=1S/C25H22F3N3O/c1-15-9-10-31-21(14-23(32)29-20-6-4-5-19(13-20)25(26,27)28)24(30-22(31)11-15)18-8-7-16(2)17(3)12-18/h4-13H,14H2,1-3H3,(H,29,32). The number of carbonyl (C=O) groups is 1. The molecule has 32 heavy (non-hydrogen) atoms. The molecular weight excluding hydrogens is 415 g/mol. The van der Waals surface area contributed by atoms with Crippen LogP contribution in [0.25, 0.3) is 16.9 Å². The van der Waals surface area contributed by atoms with Crippen LogP contribution in [-0.4, -0.2) is 15.3 Å². The number of carbonyl (C=O) groups excluding carboxylic acids is 1. The first-order valence-electron chi connectivity index (χ1n) is 10.1. The Morgan fingerprint density at radius 1 is 1.00 bits per heavy atom. The maximum atomic E-state index is 13.0. The number of hydrogen-bond donors (Lipinski definition) is 1. The van der Waals surface area contributed by atoms with Gasteiger partial charge >= 0.3 is 6.18 Å². The molecule has 164 valence electrons. The second-order valence-electron chi connectivity index (χ2n) is 7.94. The highest BCUT2D eigenvalue weighted by Crippen LogP contribution is 2.31. The van der Waals surface area contributed by atoms with Gasteiger partial charge in [-0.25, -0.2) is 4.98 Å². The molecule has 0 aliphatic heterocycles. The van der Waals surface area contributed by atoms with Gasteiger partial charge in [0.05, 0.1) is 23.4 Å². The summed E-state index contributed by atoms with van der Waals surface area (Å²) < 4.78 is 40.8. The second kappa shape index (κ2) is 8.15. The topological polar surface area (TPSA) is 46.4 Å². The number of benzene rings is 2. The first-order chi connectivity index (χ1) is 15.1. The van der Waals surface area contributed by atoms with Crippen LogP contribution >= 0.6 is 0 Å². The lowest BCUT2D eigenvalue weighted by Crippen LogP contribution is -2.16. The molecule has 0 aliphatic rings. The fourth-order valence-electron chi connectivity index (χ4n) is 3.62. The maximum absolute atomic E-state index is 13.0. The van der Waals surface area contributed by atoms with Crippen molar-refractivity contribution in [3.63, 3.8) is 0 Å². The zero-order chi connectivity index (χ0) is 23.0. The molecule has 0 fully saturated rings. The molecule has 4 nitrogen and oxygen atoms in total. The number of nitrogens with one attached hydrogen (secondary N) is 1. The number of fused-ring (bicyclic) bond motifs is 1. The van der Waals surface area contributed by atoms with Gasteiger partial charge in [-0.3, -0.25) is 4.79 Å². The van der Waals surface area contributed by atoms with E-state index in [1.807, 2.05) is 61.7 Å². The van der Waals surface area contributed by atoms with Gasteiger partial charge in [0, 0.05) is 17.4 Å². The largest absolute Gasteiger partial charge is 0.416 e. The number of amides is 1. The number of aromatic nitrogens is 2. The first kappa shape index (κ1) is 21.6. The van der Waals surface area contributed by atoms with Crippen LogP contribution in [0.1, 0.15) is 27.9 Å². The van der Waals surface area contributed by atoms with Crippen LogP contribution in [0.4, 0.5) is 18.9 Å². The van der Waals surface area contributed by atoms with Crippen LogP contribution in [0.15, 0.2) is 60.8 Å². The summed E-state index contributed by atoms with van der Waals surface area (Å²) in [6, 6.07) is 14.5. The molecule has 0 bridgehead atoms. The summed E-state index contributed by atoms with van der Waals surface area (Å²) in [4.78, 5) is 17.6. The fraction of sp³-hybridized carbons (Fsp3) is 0.200. The second-order valence-corrected chi connectivity index (χ2v) is 7.94. The molecule has 7 heteroatoms. The molecule has 0 atom stereocenters. The van der Waals surface area contributed by atoms with E-state index in [-0.39, 0.29) is 12.1 Å². The average Bonchev–Trinajstić information content (AvgIpc) is 3.06. The smallest absolute Gasteiger partial charge is 0.326 e. The van der Waals surface area contributed by atoms with Crippen molar-refractivity contribution in [1.29, 1.82) is 0 Å². The molecule has 1 amide bonds. The summed E-state index contributed by atoms with van der Waals surface area (Å²) in [6.45, 7) is 6.00. The van der Waals surface area contributed by atoms with Crippen molar-refractivity contribution in [1.82, 2.24) is 9.38 Å². The number of pyridine rings is 1. The highest BCUT2D eigenvalue weighted by molar-refractivity contribution is 5.93. The van der Waals surface area contributed by atoms with E-state index in [0.717, 1.165) is 34.4 Å². The molecule has 2 aromatic heterocycles. The minimum absolute atomic E-state index is 0.0390. The van der Waals surface area contributed by atoms with Gasteiger partial charge in [0.25, 0.3) is 0 Å². The van der Waals surface area contributed by atoms with E-state index < -0.39 is 17.6 Å². The van der Waals surface area contributed by atoms with Gasteiger partial charge in [-0.2, -0.15) is 13.2 Å². The van der Waals surface area contributed by atoms with E-state index in [1.165, 1.54) is 12.1 Å². The lowest BCUT2D eigenvalue weighted by molar-refractivity contribution is -0.137. The summed E-state index contributed by atoms with van der Waals surface area (Å²) >= 11 is 0. The molecule has 0 unspecified atom stereocenters. The molecule has 0 saturated heterocycles. The number of rotatable bonds is 4. The van der Waals surface area contributed by atoms with Crippen molar-refractivity contribution >= 4 is 17.2 Å². The zero-order valence-corrected chi connectivity index (χ0v) is 17.9. The number of alkyl halides is 3. The summed E-state index contributed by atoms with van der Waals surface area (Å²) in [5, 5.41) is 2.59. The van der Waals surface area contributed by atoms with Crippen molar-refractivity contribution in [3.8, 4) is 11.3 Å². The van der Waals surface area contributed by atoms with E-state index in [9.17, 15) is 18.0 Å². The third-order valence-corrected chi connectivity index (χ3v) is 5.46. The Balaban J connectivity index is 1.70. The van der Waals surface area contributed by atoms with Gasteiger partial charge in [0.1, 0.15) is 5.65 Å². The molecule has 4 rings (SSSR count). The zero-order valence-electron chi connectivity index (χ0n) is 17.9. The van der Waals surface area contributed by atoms with Crippen LogP contribution in [0.2, 0.25) is 0 Å². The molecule has 1 N–H and O–H groups in total. The minimum atomic E-state index is -4.48. The van der Waals surface area contributed by atoms with E-state index >= 15 is 0 Å². The van der Waals surface area contributed by atoms with E-state index in [1.54, 1.807) is 0 Å². The monoisotopic (exact) mass is 437 g/mol. The van der Waals surface area contributed by atoms with Crippen molar-refractivity contribution < 1.29 is 18.0 Å². The average molecular weight is 437 g/mol. The van der Waals surface area contributed by atoms with Gasteiger partial charge in [-0.15, -0.1) is 0 Å². The Morgan fingerprint density at radius 3 is 2.50 bits per heavy atom. The number of halogens is 3. The molecule has 0 saturated carbocycles. The number of hydrogen-bond acceptors (Lipinski definition) is 2. The Hall–Kier alpha value is -3.61. The van der Waals surface area contributed by atoms with Gasteiger partial charge in [-0.05, 0) is 73.9 Å². The highest BCUT2D eigenvalue weighted by Gasteiger charge is 2.30. The fourth-order valence-corrected chi connectivity index (χ4v) is 3.62. The third kappa shape index (κ3) is 4.37. The van der Waals surface area contributed by atoms with Gasteiger partial charge in [-0.1, -0.05) is 18.2 Å². The van der Waals surface area contributed by atoms with Crippen molar-refractivity contribution in [2.75, 3.05) is 5.32 Å². The van der Waals surface area contributed by atoms with Crippen LogP contribution in [0.3, 0.4) is 0 Å². The van der Waals surface area contributed by atoms with Gasteiger partial charge in [0.2, 0.25) is 5.91 Å². The number of anilines is 1. The van der Waals surface area contributed by atoms with Crippen molar-refractivity contribution in [2.45, 2.75) is 33.4 Å². The molecule has 0 spiro atoms. The number of imidazole rings is 1. The quantitative estimate of drug-likeness (QED) is 0.418. The summed E-state index contributed by atoms with van der Waals surface area (Å²) in [7, 11) is 0. The van der Waals surface area contributed by atoms with Gasteiger partial charge < -0.3 is 9.72 Å². The predicted molar refractivity (Wildman–Crippen MR) is 119 cm³/mol. The molecule has 2 aromatic carbocycles. The highest BCUT2D eigenvalue weighted by atomic mass is 19.4. The lowest BCUT2D eigenvalue weighted by atomic mass is 10.0. The van der Waals surface area contributed by atoms with Crippen LogP contribution in [-0.2, 0) is 17.4 Å². The summed E-state index contributed by atoms with van der Waals surface area (Å²) in [6.07, 6.45) is -2.66.